The van der Waals surface area contributed by atoms with Crippen LogP contribution in [-0.2, 0) is 5.75 Å². The first-order chi connectivity index (χ1) is 9.29. The number of rotatable bonds is 6. The minimum absolute atomic E-state index is 0.00824. The standard InChI is InChI=1S/C15H20N2OS/c1-19-9-11-3-2-6-16-14(11)15(18)17-8-12-7-13(12)10-4-5-10/h2-3,6,10,12-13H,4-5,7-9H2,1H3,(H,17,18)/t12-,13-/m0/s1. The average molecular weight is 276 g/mol. The molecule has 4 heteroatoms. The van der Waals surface area contributed by atoms with Gasteiger partial charge in [-0.3, -0.25) is 9.78 Å². The van der Waals surface area contributed by atoms with Crippen molar-refractivity contribution in [2.45, 2.75) is 25.0 Å². The Morgan fingerprint density at radius 3 is 3.11 bits per heavy atom. The summed E-state index contributed by atoms with van der Waals surface area (Å²) >= 11 is 1.72. The van der Waals surface area contributed by atoms with Gasteiger partial charge in [0.25, 0.3) is 5.91 Å². The number of thioether (sulfide) groups is 1. The summed E-state index contributed by atoms with van der Waals surface area (Å²) in [5.74, 6) is 3.43. The molecule has 0 aliphatic heterocycles. The van der Waals surface area contributed by atoms with Crippen molar-refractivity contribution in [2.75, 3.05) is 12.8 Å². The lowest BCUT2D eigenvalue weighted by atomic mass is 10.2. The number of amides is 1. The zero-order valence-corrected chi connectivity index (χ0v) is 12.1. The van der Waals surface area contributed by atoms with Gasteiger partial charge in [0.1, 0.15) is 5.69 Å². The molecule has 2 aliphatic carbocycles. The van der Waals surface area contributed by atoms with Gasteiger partial charge in [0.15, 0.2) is 0 Å². The molecule has 1 aromatic heterocycles. The highest BCUT2D eigenvalue weighted by Gasteiger charge is 2.47. The summed E-state index contributed by atoms with van der Waals surface area (Å²) in [7, 11) is 0. The van der Waals surface area contributed by atoms with Crippen molar-refractivity contribution in [3.05, 3.63) is 29.6 Å². The first kappa shape index (κ1) is 13.0. The van der Waals surface area contributed by atoms with E-state index in [9.17, 15) is 4.79 Å². The van der Waals surface area contributed by atoms with E-state index in [-0.39, 0.29) is 5.91 Å². The molecule has 2 saturated carbocycles. The van der Waals surface area contributed by atoms with Crippen molar-refractivity contribution in [2.24, 2.45) is 17.8 Å². The molecule has 1 aromatic rings. The normalized spacial score (nSPS) is 25.1. The molecule has 0 aromatic carbocycles. The van der Waals surface area contributed by atoms with Crippen molar-refractivity contribution >= 4 is 17.7 Å². The molecule has 2 fully saturated rings. The quantitative estimate of drug-likeness (QED) is 0.868. The first-order valence-corrected chi connectivity index (χ1v) is 8.40. The van der Waals surface area contributed by atoms with Gasteiger partial charge in [0.05, 0.1) is 0 Å². The molecule has 1 amide bonds. The third-order valence-corrected chi connectivity index (χ3v) is 4.74. The minimum Gasteiger partial charge on any atom is -0.350 e. The summed E-state index contributed by atoms with van der Waals surface area (Å²) in [6.07, 6.45) is 7.87. The van der Waals surface area contributed by atoms with Gasteiger partial charge in [-0.2, -0.15) is 11.8 Å². The molecule has 1 N–H and O–H groups in total. The molecule has 1 heterocycles. The Kier molecular flexibility index (Phi) is 3.78. The van der Waals surface area contributed by atoms with Crippen LogP contribution in [0.4, 0.5) is 0 Å². The third kappa shape index (κ3) is 3.11. The second kappa shape index (κ2) is 5.53. The van der Waals surface area contributed by atoms with Gasteiger partial charge in [0.2, 0.25) is 0 Å². The van der Waals surface area contributed by atoms with Crippen LogP contribution in [0.25, 0.3) is 0 Å². The summed E-state index contributed by atoms with van der Waals surface area (Å²) in [6, 6.07) is 3.88. The molecule has 0 unspecified atom stereocenters. The molecule has 3 nitrogen and oxygen atoms in total. The monoisotopic (exact) mass is 276 g/mol. The van der Waals surface area contributed by atoms with Crippen LogP contribution in [0.3, 0.4) is 0 Å². The summed E-state index contributed by atoms with van der Waals surface area (Å²) in [5, 5.41) is 3.06. The van der Waals surface area contributed by atoms with E-state index in [0.29, 0.717) is 5.69 Å². The molecule has 19 heavy (non-hydrogen) atoms. The van der Waals surface area contributed by atoms with Crippen LogP contribution >= 0.6 is 11.8 Å². The van der Waals surface area contributed by atoms with Crippen molar-refractivity contribution in [1.82, 2.24) is 10.3 Å². The lowest BCUT2D eigenvalue weighted by Gasteiger charge is -2.08. The number of hydrogen-bond acceptors (Lipinski definition) is 3. The Hall–Kier alpha value is -1.03. The molecule has 0 saturated heterocycles. The van der Waals surface area contributed by atoms with Crippen molar-refractivity contribution in [3.8, 4) is 0 Å². The average Bonchev–Trinajstić information content (AvgIpc) is 3.28. The second-order valence-electron chi connectivity index (χ2n) is 5.65. The lowest BCUT2D eigenvalue weighted by Crippen LogP contribution is -2.27. The van der Waals surface area contributed by atoms with E-state index >= 15 is 0 Å². The number of carbonyl (C=O) groups excluding carboxylic acids is 1. The number of pyridine rings is 1. The fourth-order valence-corrected chi connectivity index (χ4v) is 3.37. The number of nitrogens with zero attached hydrogens (tertiary/aromatic N) is 1. The molecule has 0 spiro atoms. The molecular formula is C15H20N2OS. The zero-order chi connectivity index (χ0) is 13.2. The zero-order valence-electron chi connectivity index (χ0n) is 11.3. The fraction of sp³-hybridized carbons (Fsp3) is 0.600. The van der Waals surface area contributed by atoms with E-state index in [2.05, 4.69) is 10.3 Å². The Balaban J connectivity index is 1.54. The minimum atomic E-state index is -0.00824. The predicted molar refractivity (Wildman–Crippen MR) is 78.1 cm³/mol. The molecule has 2 aliphatic rings. The smallest absolute Gasteiger partial charge is 0.270 e. The van der Waals surface area contributed by atoms with E-state index in [0.717, 1.165) is 35.6 Å². The summed E-state index contributed by atoms with van der Waals surface area (Å²) in [5.41, 5.74) is 1.63. The fourth-order valence-electron chi connectivity index (χ4n) is 2.83. The van der Waals surface area contributed by atoms with Crippen LogP contribution in [0.15, 0.2) is 18.3 Å². The summed E-state index contributed by atoms with van der Waals surface area (Å²) in [6.45, 7) is 0.829. The topological polar surface area (TPSA) is 42.0 Å². The van der Waals surface area contributed by atoms with E-state index in [1.165, 1.54) is 19.3 Å². The maximum Gasteiger partial charge on any atom is 0.270 e. The SMILES string of the molecule is CSCc1cccnc1C(=O)NC[C@@H]1C[C@H]1C1CC1. The van der Waals surface area contributed by atoms with Crippen molar-refractivity contribution in [1.29, 1.82) is 0 Å². The van der Waals surface area contributed by atoms with Crippen LogP contribution in [-0.4, -0.2) is 23.7 Å². The Morgan fingerprint density at radius 1 is 1.53 bits per heavy atom. The maximum atomic E-state index is 12.2. The number of nitrogens with one attached hydrogen (secondary N) is 1. The highest BCUT2D eigenvalue weighted by atomic mass is 32.2. The van der Waals surface area contributed by atoms with Gasteiger partial charge in [-0.1, -0.05) is 6.07 Å². The Morgan fingerprint density at radius 2 is 2.37 bits per heavy atom. The second-order valence-corrected chi connectivity index (χ2v) is 6.52. The lowest BCUT2D eigenvalue weighted by molar-refractivity contribution is 0.0945. The molecule has 0 radical (unpaired) electrons. The summed E-state index contributed by atoms with van der Waals surface area (Å²) < 4.78 is 0. The Bertz CT molecular complexity index is 473. The number of hydrogen-bond donors (Lipinski definition) is 1. The number of aromatic nitrogens is 1. The molecule has 0 bridgehead atoms. The largest absolute Gasteiger partial charge is 0.350 e. The van der Waals surface area contributed by atoms with Crippen molar-refractivity contribution < 1.29 is 4.79 Å². The summed E-state index contributed by atoms with van der Waals surface area (Å²) in [4.78, 5) is 16.4. The molecule has 2 atom stereocenters. The Labute approximate surface area is 118 Å². The van der Waals surface area contributed by atoms with Crippen molar-refractivity contribution in [3.63, 3.8) is 0 Å². The molecule has 3 rings (SSSR count). The number of carbonyl (C=O) groups is 1. The first-order valence-electron chi connectivity index (χ1n) is 7.00. The van der Waals surface area contributed by atoms with Crippen LogP contribution in [0.5, 0.6) is 0 Å². The van der Waals surface area contributed by atoms with Gasteiger partial charge < -0.3 is 5.32 Å². The van der Waals surface area contributed by atoms with E-state index in [4.69, 9.17) is 0 Å². The highest BCUT2D eigenvalue weighted by Crippen LogP contribution is 2.53. The van der Waals surface area contributed by atoms with Crippen LogP contribution in [0, 0.1) is 17.8 Å². The highest BCUT2D eigenvalue weighted by molar-refractivity contribution is 7.97. The van der Waals surface area contributed by atoms with E-state index in [1.54, 1.807) is 18.0 Å². The van der Waals surface area contributed by atoms with Crippen LogP contribution in [0.2, 0.25) is 0 Å². The molecule has 102 valence electrons. The maximum absolute atomic E-state index is 12.2. The molecular weight excluding hydrogens is 256 g/mol. The van der Waals surface area contributed by atoms with Crippen LogP contribution in [0.1, 0.15) is 35.3 Å². The van der Waals surface area contributed by atoms with Gasteiger partial charge in [-0.25, -0.2) is 0 Å². The van der Waals surface area contributed by atoms with E-state index < -0.39 is 0 Å². The van der Waals surface area contributed by atoms with Crippen LogP contribution < -0.4 is 5.32 Å². The predicted octanol–water partition coefficient (Wildman–Crippen LogP) is 2.72. The van der Waals surface area contributed by atoms with Gasteiger partial charge >= 0.3 is 0 Å². The van der Waals surface area contributed by atoms with E-state index in [1.807, 2.05) is 18.4 Å². The van der Waals surface area contributed by atoms with Gasteiger partial charge in [0, 0.05) is 18.5 Å². The third-order valence-electron chi connectivity index (χ3n) is 4.14. The van der Waals surface area contributed by atoms with Gasteiger partial charge in [-0.05, 0) is 54.9 Å². The van der Waals surface area contributed by atoms with Gasteiger partial charge in [-0.15, -0.1) is 0 Å².